The van der Waals surface area contributed by atoms with Gasteiger partial charge in [0.2, 0.25) is 0 Å². The SMILES string of the molecule is COc1c(Cl)cccc1Nc1c(-c2ccncc2OCC(C)OC)[nH]c2c1C(=O)N[C@H](C)C2. The number of benzene rings is 1. The molecule has 2 atom stereocenters. The third-order valence-electron chi connectivity index (χ3n) is 5.55. The molecular weight excluding hydrogens is 444 g/mol. The lowest BCUT2D eigenvalue weighted by Gasteiger charge is -2.21. The Morgan fingerprint density at radius 3 is 2.88 bits per heavy atom. The summed E-state index contributed by atoms with van der Waals surface area (Å²) < 4.78 is 16.8. The maximum absolute atomic E-state index is 13.0. The predicted molar refractivity (Wildman–Crippen MR) is 128 cm³/mol. The minimum atomic E-state index is -0.153. The van der Waals surface area contributed by atoms with Gasteiger partial charge in [-0.1, -0.05) is 17.7 Å². The Morgan fingerprint density at radius 2 is 2.12 bits per heavy atom. The number of aromatic nitrogens is 2. The van der Waals surface area contributed by atoms with Gasteiger partial charge in [0.1, 0.15) is 12.4 Å². The lowest BCUT2D eigenvalue weighted by molar-refractivity contribution is 0.0717. The second-order valence-electron chi connectivity index (χ2n) is 7.98. The van der Waals surface area contributed by atoms with E-state index in [9.17, 15) is 4.79 Å². The van der Waals surface area contributed by atoms with Crippen LogP contribution in [0.1, 0.15) is 29.9 Å². The van der Waals surface area contributed by atoms with Crippen molar-refractivity contribution in [1.29, 1.82) is 0 Å². The number of hydrogen-bond acceptors (Lipinski definition) is 6. The van der Waals surface area contributed by atoms with Gasteiger partial charge in [0.25, 0.3) is 5.91 Å². The van der Waals surface area contributed by atoms with E-state index in [1.807, 2.05) is 32.0 Å². The van der Waals surface area contributed by atoms with Crippen LogP contribution in [0.2, 0.25) is 5.02 Å². The van der Waals surface area contributed by atoms with Crippen LogP contribution in [0.3, 0.4) is 0 Å². The molecule has 3 aromatic rings. The van der Waals surface area contributed by atoms with E-state index < -0.39 is 0 Å². The van der Waals surface area contributed by atoms with Crippen molar-refractivity contribution in [2.45, 2.75) is 32.4 Å². The first-order valence-corrected chi connectivity index (χ1v) is 11.1. The van der Waals surface area contributed by atoms with Gasteiger partial charge < -0.3 is 29.8 Å². The molecule has 1 unspecified atom stereocenters. The van der Waals surface area contributed by atoms with Crippen LogP contribution in [0.4, 0.5) is 11.4 Å². The Balaban J connectivity index is 1.85. The summed E-state index contributed by atoms with van der Waals surface area (Å²) in [5.74, 6) is 0.915. The molecule has 0 spiro atoms. The molecule has 0 fully saturated rings. The maximum atomic E-state index is 13.0. The van der Waals surface area contributed by atoms with E-state index in [-0.39, 0.29) is 18.1 Å². The third-order valence-corrected chi connectivity index (χ3v) is 5.85. The highest BCUT2D eigenvalue weighted by Gasteiger charge is 2.31. The lowest BCUT2D eigenvalue weighted by atomic mass is 10.0. The summed E-state index contributed by atoms with van der Waals surface area (Å²) in [5, 5.41) is 6.86. The number of rotatable bonds is 8. The van der Waals surface area contributed by atoms with E-state index in [1.54, 1.807) is 32.7 Å². The summed E-state index contributed by atoms with van der Waals surface area (Å²) in [7, 11) is 3.19. The van der Waals surface area contributed by atoms with Crippen LogP contribution in [-0.4, -0.2) is 48.8 Å². The molecule has 33 heavy (non-hydrogen) atoms. The molecule has 3 heterocycles. The topological polar surface area (TPSA) is 97.5 Å². The summed E-state index contributed by atoms with van der Waals surface area (Å²) in [6.45, 7) is 4.26. The number of anilines is 2. The zero-order valence-corrected chi connectivity index (χ0v) is 19.7. The number of aromatic amines is 1. The molecule has 1 aromatic carbocycles. The zero-order chi connectivity index (χ0) is 23.5. The highest BCUT2D eigenvalue weighted by atomic mass is 35.5. The van der Waals surface area contributed by atoms with E-state index in [4.69, 9.17) is 25.8 Å². The van der Waals surface area contributed by atoms with Crippen molar-refractivity contribution in [3.05, 3.63) is 52.9 Å². The van der Waals surface area contributed by atoms with Crippen molar-refractivity contribution in [2.24, 2.45) is 0 Å². The minimum Gasteiger partial charge on any atom is -0.493 e. The van der Waals surface area contributed by atoms with Crippen LogP contribution in [0, 0.1) is 0 Å². The second kappa shape index (κ2) is 9.72. The van der Waals surface area contributed by atoms with Gasteiger partial charge in [0.15, 0.2) is 5.75 Å². The van der Waals surface area contributed by atoms with Crippen LogP contribution in [-0.2, 0) is 11.2 Å². The standard InChI is InChI=1S/C24H27ClN4O4/c1-13-10-18-20(24(30)27-13)22(28-17-7-5-6-16(25)23(17)32-4)21(29-18)15-8-9-26-11-19(15)33-12-14(2)31-3/h5-9,11,13-14,28-29H,10,12H2,1-4H3,(H,27,30)/t13-,14?/m1/s1. The molecule has 2 aromatic heterocycles. The van der Waals surface area contributed by atoms with Gasteiger partial charge in [-0.3, -0.25) is 9.78 Å². The zero-order valence-electron chi connectivity index (χ0n) is 19.0. The first-order chi connectivity index (χ1) is 15.9. The molecule has 0 saturated heterocycles. The van der Waals surface area contributed by atoms with Crippen molar-refractivity contribution >= 4 is 28.9 Å². The number of nitrogens with zero attached hydrogens (tertiary/aromatic N) is 1. The number of nitrogens with one attached hydrogen (secondary N) is 3. The number of amides is 1. The number of carbonyl (C=O) groups is 1. The van der Waals surface area contributed by atoms with Crippen molar-refractivity contribution in [3.8, 4) is 22.8 Å². The van der Waals surface area contributed by atoms with Gasteiger partial charge in [-0.05, 0) is 32.0 Å². The van der Waals surface area contributed by atoms with E-state index in [0.717, 1.165) is 11.3 Å². The van der Waals surface area contributed by atoms with Gasteiger partial charge in [-0.15, -0.1) is 0 Å². The van der Waals surface area contributed by atoms with Crippen LogP contribution in [0.25, 0.3) is 11.3 Å². The number of halogens is 1. The van der Waals surface area contributed by atoms with Gasteiger partial charge in [0, 0.05) is 37.0 Å². The van der Waals surface area contributed by atoms with E-state index >= 15 is 0 Å². The molecule has 1 amide bonds. The molecule has 1 aliphatic heterocycles. The van der Waals surface area contributed by atoms with Crippen molar-refractivity contribution in [1.82, 2.24) is 15.3 Å². The van der Waals surface area contributed by atoms with Crippen molar-refractivity contribution < 1.29 is 19.0 Å². The largest absolute Gasteiger partial charge is 0.493 e. The number of para-hydroxylation sites is 1. The fraction of sp³-hybridized carbons (Fsp3) is 0.333. The quantitative estimate of drug-likeness (QED) is 0.446. The third kappa shape index (κ3) is 4.62. The Hall–Kier alpha value is -3.23. The first-order valence-electron chi connectivity index (χ1n) is 10.7. The normalized spacial score (nSPS) is 16.0. The molecular formula is C24H27ClN4O4. The number of carbonyl (C=O) groups excluding carboxylic acids is 1. The van der Waals surface area contributed by atoms with Crippen molar-refractivity contribution in [3.63, 3.8) is 0 Å². The van der Waals surface area contributed by atoms with Crippen molar-refractivity contribution in [2.75, 3.05) is 26.1 Å². The van der Waals surface area contributed by atoms with Crippen LogP contribution >= 0.6 is 11.6 Å². The summed E-state index contributed by atoms with van der Waals surface area (Å²) in [5.41, 5.74) is 4.14. The average Bonchev–Trinajstić information content (AvgIpc) is 3.15. The number of pyridine rings is 1. The smallest absolute Gasteiger partial charge is 0.255 e. The summed E-state index contributed by atoms with van der Waals surface area (Å²) in [6.07, 6.45) is 3.93. The molecule has 0 saturated carbocycles. The van der Waals surface area contributed by atoms with E-state index in [1.165, 1.54) is 0 Å². The molecule has 1 aliphatic rings. The summed E-state index contributed by atoms with van der Waals surface area (Å²) in [6, 6.07) is 7.29. The fourth-order valence-corrected chi connectivity index (χ4v) is 4.11. The summed E-state index contributed by atoms with van der Waals surface area (Å²) in [4.78, 5) is 20.7. The molecule has 174 valence electrons. The van der Waals surface area contributed by atoms with Gasteiger partial charge in [-0.2, -0.15) is 0 Å². The predicted octanol–water partition coefficient (Wildman–Crippen LogP) is 4.57. The number of hydrogen-bond donors (Lipinski definition) is 3. The number of H-pyrrole nitrogens is 1. The minimum absolute atomic E-state index is 0.0146. The van der Waals surface area contributed by atoms with E-state index in [0.29, 0.717) is 52.2 Å². The second-order valence-corrected chi connectivity index (χ2v) is 8.39. The number of ether oxygens (including phenoxy) is 3. The maximum Gasteiger partial charge on any atom is 0.255 e. The highest BCUT2D eigenvalue weighted by molar-refractivity contribution is 6.32. The van der Waals surface area contributed by atoms with E-state index in [2.05, 4.69) is 20.6 Å². The Morgan fingerprint density at radius 1 is 1.30 bits per heavy atom. The molecule has 0 aliphatic carbocycles. The molecule has 4 rings (SSSR count). The Labute approximate surface area is 197 Å². The first kappa shape index (κ1) is 22.9. The van der Waals surface area contributed by atoms with Gasteiger partial charge in [-0.25, -0.2) is 0 Å². The van der Waals surface area contributed by atoms with Crippen LogP contribution in [0.5, 0.6) is 11.5 Å². The number of methoxy groups -OCH3 is 2. The fourth-order valence-electron chi connectivity index (χ4n) is 3.86. The van der Waals surface area contributed by atoms with Gasteiger partial charge >= 0.3 is 0 Å². The van der Waals surface area contributed by atoms with Gasteiger partial charge in [0.05, 0.1) is 47.1 Å². The lowest BCUT2D eigenvalue weighted by Crippen LogP contribution is -2.39. The molecule has 3 N–H and O–H groups in total. The highest BCUT2D eigenvalue weighted by Crippen LogP contribution is 2.43. The molecule has 0 radical (unpaired) electrons. The van der Waals surface area contributed by atoms with Crippen LogP contribution in [0.15, 0.2) is 36.7 Å². The van der Waals surface area contributed by atoms with Crippen LogP contribution < -0.4 is 20.1 Å². The summed E-state index contributed by atoms with van der Waals surface area (Å²) >= 11 is 6.34. The molecule has 9 heteroatoms. The molecule has 8 nitrogen and oxygen atoms in total. The monoisotopic (exact) mass is 470 g/mol. The molecule has 0 bridgehead atoms. The average molecular weight is 471 g/mol. The Bertz CT molecular complexity index is 1160. The Kier molecular flexibility index (Phi) is 6.76. The number of fused-ring (bicyclic) bond motifs is 1.